The zero-order valence-corrected chi connectivity index (χ0v) is 9.92. The van der Waals surface area contributed by atoms with Crippen molar-refractivity contribution in [2.45, 2.75) is 13.8 Å². The topological polar surface area (TPSA) is 66.3 Å². The highest BCUT2D eigenvalue weighted by atomic mass is 16.4. The number of aromatic carboxylic acids is 1. The maximum absolute atomic E-state index is 10.7. The molecule has 0 radical (unpaired) electrons. The van der Waals surface area contributed by atoms with E-state index in [-0.39, 0.29) is 5.69 Å². The summed E-state index contributed by atoms with van der Waals surface area (Å²) in [5.74, 6) is 1.26. The van der Waals surface area contributed by atoms with Gasteiger partial charge in [0.2, 0.25) is 0 Å². The molecule has 2 heterocycles. The van der Waals surface area contributed by atoms with Gasteiger partial charge in [-0.1, -0.05) is 13.8 Å². The standard InChI is InChI=1S/C12H15N3O2/c1-12(2)7-5-15(6-8(7)12)10-4-13-9(3-14-10)11(16)17/h3-4,7-8H,5-6H2,1-2H3,(H,16,17). The summed E-state index contributed by atoms with van der Waals surface area (Å²) in [7, 11) is 0. The Morgan fingerprint density at radius 2 is 2.00 bits per heavy atom. The van der Waals surface area contributed by atoms with Crippen LogP contribution in [0.15, 0.2) is 12.4 Å². The van der Waals surface area contributed by atoms with Crippen molar-refractivity contribution in [3.8, 4) is 0 Å². The fourth-order valence-electron chi connectivity index (χ4n) is 2.91. The average Bonchev–Trinajstić information content (AvgIpc) is 2.70. The van der Waals surface area contributed by atoms with E-state index in [4.69, 9.17) is 5.11 Å². The number of hydrogen-bond donors (Lipinski definition) is 1. The fraction of sp³-hybridized carbons (Fsp3) is 0.583. The van der Waals surface area contributed by atoms with Crippen molar-refractivity contribution >= 4 is 11.8 Å². The Kier molecular flexibility index (Phi) is 1.97. The molecule has 2 atom stereocenters. The van der Waals surface area contributed by atoms with Gasteiger partial charge in [-0.15, -0.1) is 0 Å². The SMILES string of the molecule is CC1(C)C2CN(c3cnc(C(=O)O)cn3)CC21. The van der Waals surface area contributed by atoms with Gasteiger partial charge in [0, 0.05) is 13.1 Å². The van der Waals surface area contributed by atoms with Crippen LogP contribution in [0, 0.1) is 17.3 Å². The van der Waals surface area contributed by atoms with E-state index in [0.717, 1.165) is 30.7 Å². The Hall–Kier alpha value is -1.65. The number of nitrogens with zero attached hydrogens (tertiary/aromatic N) is 3. The van der Waals surface area contributed by atoms with E-state index in [1.165, 1.54) is 6.20 Å². The van der Waals surface area contributed by atoms with Gasteiger partial charge < -0.3 is 10.0 Å². The van der Waals surface area contributed by atoms with Gasteiger partial charge >= 0.3 is 5.97 Å². The molecule has 0 amide bonds. The molecule has 0 spiro atoms. The zero-order chi connectivity index (χ0) is 12.2. The number of aromatic nitrogens is 2. The Bertz CT molecular complexity index is 455. The Morgan fingerprint density at radius 3 is 2.47 bits per heavy atom. The van der Waals surface area contributed by atoms with Gasteiger partial charge in [0.25, 0.3) is 0 Å². The van der Waals surface area contributed by atoms with E-state index < -0.39 is 5.97 Å². The molecule has 3 rings (SSSR count). The van der Waals surface area contributed by atoms with Crippen LogP contribution in [0.25, 0.3) is 0 Å². The number of carboxylic acids is 1. The van der Waals surface area contributed by atoms with Crippen LogP contribution in [0.3, 0.4) is 0 Å². The normalized spacial score (nSPS) is 28.9. The monoisotopic (exact) mass is 233 g/mol. The Morgan fingerprint density at radius 1 is 1.35 bits per heavy atom. The van der Waals surface area contributed by atoms with E-state index in [9.17, 15) is 4.79 Å². The van der Waals surface area contributed by atoms with Gasteiger partial charge in [-0.2, -0.15) is 0 Å². The zero-order valence-electron chi connectivity index (χ0n) is 9.92. The second-order valence-corrected chi connectivity index (χ2v) is 5.50. The summed E-state index contributed by atoms with van der Waals surface area (Å²) in [6, 6.07) is 0. The number of hydrogen-bond acceptors (Lipinski definition) is 4. The lowest BCUT2D eigenvalue weighted by Gasteiger charge is -2.22. The van der Waals surface area contributed by atoms with Crippen LogP contribution in [-0.4, -0.2) is 34.1 Å². The van der Waals surface area contributed by atoms with Crippen LogP contribution >= 0.6 is 0 Å². The van der Waals surface area contributed by atoms with Crippen LogP contribution in [0.2, 0.25) is 0 Å². The maximum Gasteiger partial charge on any atom is 0.356 e. The minimum Gasteiger partial charge on any atom is -0.476 e. The molecule has 17 heavy (non-hydrogen) atoms. The van der Waals surface area contributed by atoms with Crippen LogP contribution in [-0.2, 0) is 0 Å². The largest absolute Gasteiger partial charge is 0.476 e. The molecule has 2 fully saturated rings. The van der Waals surface area contributed by atoms with Crippen molar-refractivity contribution in [1.29, 1.82) is 0 Å². The summed E-state index contributed by atoms with van der Waals surface area (Å²) in [5.41, 5.74) is 0.476. The molecule has 2 unspecified atom stereocenters. The Balaban J connectivity index is 1.73. The molecule has 2 aliphatic rings. The summed E-state index contributed by atoms with van der Waals surface area (Å²) in [5, 5.41) is 8.74. The van der Waals surface area contributed by atoms with Gasteiger partial charge in [0.1, 0.15) is 5.82 Å². The van der Waals surface area contributed by atoms with Crippen molar-refractivity contribution in [2.75, 3.05) is 18.0 Å². The first-order valence-corrected chi connectivity index (χ1v) is 5.80. The van der Waals surface area contributed by atoms with E-state index >= 15 is 0 Å². The van der Waals surface area contributed by atoms with Crippen molar-refractivity contribution in [3.63, 3.8) is 0 Å². The predicted octanol–water partition coefficient (Wildman–Crippen LogP) is 1.27. The molecule has 1 aliphatic heterocycles. The second-order valence-electron chi connectivity index (χ2n) is 5.50. The number of anilines is 1. The molecule has 1 aromatic rings. The number of piperidine rings is 1. The summed E-state index contributed by atoms with van der Waals surface area (Å²) < 4.78 is 0. The molecule has 1 aromatic heterocycles. The molecule has 1 N–H and O–H groups in total. The Labute approximate surface area is 99.5 Å². The predicted molar refractivity (Wildman–Crippen MR) is 62.0 cm³/mol. The molecule has 1 aliphatic carbocycles. The molecular formula is C12H15N3O2. The number of rotatable bonds is 2. The summed E-state index contributed by atoms with van der Waals surface area (Å²) in [6.45, 7) is 6.63. The first kappa shape index (κ1) is 10.5. The van der Waals surface area contributed by atoms with Crippen LogP contribution in [0.5, 0.6) is 0 Å². The summed E-state index contributed by atoms with van der Waals surface area (Å²) >= 11 is 0. The van der Waals surface area contributed by atoms with E-state index in [1.807, 2.05) is 0 Å². The molecule has 1 saturated heterocycles. The number of fused-ring (bicyclic) bond motifs is 1. The van der Waals surface area contributed by atoms with Crippen LogP contribution in [0.4, 0.5) is 5.82 Å². The van der Waals surface area contributed by atoms with Gasteiger partial charge in [0.05, 0.1) is 12.4 Å². The minimum absolute atomic E-state index is 0.00145. The second kappa shape index (κ2) is 3.18. The smallest absolute Gasteiger partial charge is 0.356 e. The molecular weight excluding hydrogens is 218 g/mol. The van der Waals surface area contributed by atoms with E-state index in [1.54, 1.807) is 6.20 Å². The quantitative estimate of drug-likeness (QED) is 0.833. The van der Waals surface area contributed by atoms with Crippen LogP contribution in [0.1, 0.15) is 24.3 Å². The first-order chi connectivity index (χ1) is 8.00. The van der Waals surface area contributed by atoms with E-state index in [0.29, 0.717) is 5.41 Å². The lowest BCUT2D eigenvalue weighted by atomic mass is 10.1. The first-order valence-electron chi connectivity index (χ1n) is 5.80. The molecule has 5 heteroatoms. The molecule has 0 bridgehead atoms. The van der Waals surface area contributed by atoms with Crippen molar-refractivity contribution in [2.24, 2.45) is 17.3 Å². The highest BCUT2D eigenvalue weighted by Gasteiger charge is 2.62. The van der Waals surface area contributed by atoms with Gasteiger partial charge in [-0.05, 0) is 17.3 Å². The highest BCUT2D eigenvalue weighted by molar-refractivity contribution is 5.84. The lowest BCUT2D eigenvalue weighted by Crippen LogP contribution is -2.27. The highest BCUT2D eigenvalue weighted by Crippen LogP contribution is 2.62. The van der Waals surface area contributed by atoms with Gasteiger partial charge in [-0.3, -0.25) is 0 Å². The van der Waals surface area contributed by atoms with Crippen molar-refractivity contribution in [3.05, 3.63) is 18.1 Å². The van der Waals surface area contributed by atoms with Gasteiger partial charge in [0.15, 0.2) is 5.69 Å². The van der Waals surface area contributed by atoms with Crippen LogP contribution < -0.4 is 4.90 Å². The third-order valence-corrected chi connectivity index (χ3v) is 4.30. The third-order valence-electron chi connectivity index (χ3n) is 4.30. The fourth-order valence-corrected chi connectivity index (χ4v) is 2.91. The summed E-state index contributed by atoms with van der Waals surface area (Å²) in [4.78, 5) is 20.9. The lowest BCUT2D eigenvalue weighted by molar-refractivity contribution is 0.0690. The number of carbonyl (C=O) groups is 1. The minimum atomic E-state index is -1.03. The number of carboxylic acid groups (broad SMARTS) is 1. The van der Waals surface area contributed by atoms with Crippen molar-refractivity contribution < 1.29 is 9.90 Å². The summed E-state index contributed by atoms with van der Waals surface area (Å²) in [6.07, 6.45) is 2.88. The average molecular weight is 233 g/mol. The maximum atomic E-state index is 10.7. The molecule has 5 nitrogen and oxygen atoms in total. The molecule has 90 valence electrons. The third kappa shape index (κ3) is 1.49. The molecule has 1 saturated carbocycles. The van der Waals surface area contributed by atoms with Gasteiger partial charge in [-0.25, -0.2) is 14.8 Å². The molecule has 0 aromatic carbocycles. The van der Waals surface area contributed by atoms with Crippen molar-refractivity contribution in [1.82, 2.24) is 9.97 Å². The van der Waals surface area contributed by atoms with E-state index in [2.05, 4.69) is 28.7 Å².